The van der Waals surface area contributed by atoms with Crippen molar-refractivity contribution in [2.75, 3.05) is 0 Å². The van der Waals surface area contributed by atoms with Crippen LogP contribution in [0.15, 0.2) is 0 Å². The van der Waals surface area contributed by atoms with Gasteiger partial charge in [0, 0.05) is 0 Å². The van der Waals surface area contributed by atoms with Crippen LogP contribution in [-0.2, 0) is 4.84 Å². The molecule has 0 spiro atoms. The van der Waals surface area contributed by atoms with Gasteiger partial charge in [0.15, 0.2) is 0 Å². The average Bonchev–Trinajstić information content (AvgIpc) is 1.53. The van der Waals surface area contributed by atoms with Crippen molar-refractivity contribution in [1.82, 2.24) is 0 Å². The van der Waals surface area contributed by atoms with Crippen LogP contribution in [0.5, 0.6) is 0 Å². The van der Waals surface area contributed by atoms with Crippen molar-refractivity contribution < 1.29 is 9.92 Å². The van der Waals surface area contributed by atoms with Crippen LogP contribution >= 0.6 is 0 Å². The Morgan fingerprint density at radius 1 is 1.55 bits per heavy atom. The summed E-state index contributed by atoms with van der Waals surface area (Å²) in [6.07, 6.45) is 0.688. The van der Waals surface area contributed by atoms with Gasteiger partial charge in [-0.3, -0.25) is 0 Å². The van der Waals surface area contributed by atoms with Crippen molar-refractivity contribution >= 4 is 0 Å². The first-order valence-corrected chi connectivity index (χ1v) is 3.67. The first-order chi connectivity index (χ1) is 4.83. The van der Waals surface area contributed by atoms with Crippen molar-refractivity contribution in [3.05, 3.63) is 10.1 Å². The molecule has 0 N–H and O–H groups in total. The van der Waals surface area contributed by atoms with E-state index in [-0.39, 0.29) is 0 Å². The fourth-order valence-electron chi connectivity index (χ4n) is 1.22. The molecule has 0 bridgehead atoms. The highest BCUT2D eigenvalue weighted by Crippen LogP contribution is 2.19. The molecule has 0 saturated heterocycles. The second-order valence-electron chi connectivity index (χ2n) is 3.67. The maximum Gasteiger partial charge on any atom is 0.295 e. The smallest absolute Gasteiger partial charge is 0.295 e. The van der Waals surface area contributed by atoms with E-state index in [0.717, 1.165) is 0 Å². The number of hydrogen-bond donors (Lipinski definition) is 0. The fraction of sp³-hybridized carbons (Fsp3) is 1.00. The van der Waals surface area contributed by atoms with Gasteiger partial charge in [-0.05, 0) is 26.2 Å². The summed E-state index contributed by atoms with van der Waals surface area (Å²) in [5.74, 6) is 0.407. The van der Waals surface area contributed by atoms with Gasteiger partial charge < -0.3 is 4.84 Å². The minimum Gasteiger partial charge on any atom is -0.308 e. The van der Waals surface area contributed by atoms with Crippen LogP contribution in [0.1, 0.15) is 34.1 Å². The van der Waals surface area contributed by atoms with Crippen molar-refractivity contribution in [2.45, 2.75) is 39.7 Å². The van der Waals surface area contributed by atoms with E-state index in [1.54, 1.807) is 13.8 Å². The molecular formula is C7H15NO3. The van der Waals surface area contributed by atoms with Crippen LogP contribution in [0, 0.1) is 16.0 Å². The highest BCUT2D eigenvalue weighted by Gasteiger charge is 2.23. The first kappa shape index (κ1) is 10.2. The summed E-state index contributed by atoms with van der Waals surface area (Å²) in [6.45, 7) is 7.45. The Hall–Kier alpha value is -0.800. The Morgan fingerprint density at radius 2 is 2.00 bits per heavy atom. The van der Waals surface area contributed by atoms with E-state index in [4.69, 9.17) is 0 Å². The van der Waals surface area contributed by atoms with Crippen LogP contribution in [0.3, 0.4) is 0 Å². The summed E-state index contributed by atoms with van der Waals surface area (Å²) in [5, 5.41) is 9.25. The van der Waals surface area contributed by atoms with E-state index >= 15 is 0 Å². The second-order valence-corrected chi connectivity index (χ2v) is 3.67. The van der Waals surface area contributed by atoms with E-state index in [0.29, 0.717) is 12.3 Å². The predicted molar refractivity (Wildman–Crippen MR) is 41.6 cm³/mol. The van der Waals surface area contributed by atoms with Gasteiger partial charge in [-0.2, -0.15) is 0 Å². The third kappa shape index (κ3) is 5.63. The number of hydrogen-bond acceptors (Lipinski definition) is 3. The van der Waals surface area contributed by atoms with E-state index in [2.05, 4.69) is 4.84 Å². The molecule has 0 radical (unpaired) electrons. The Kier molecular flexibility index (Phi) is 3.29. The van der Waals surface area contributed by atoms with Crippen LogP contribution < -0.4 is 0 Å². The monoisotopic (exact) mass is 161 g/mol. The summed E-state index contributed by atoms with van der Waals surface area (Å²) < 4.78 is 0. The molecule has 0 atom stereocenters. The van der Waals surface area contributed by atoms with Gasteiger partial charge in [0.1, 0.15) is 5.60 Å². The summed E-state index contributed by atoms with van der Waals surface area (Å²) in [7, 11) is 0. The minimum absolute atomic E-state index is 0.407. The van der Waals surface area contributed by atoms with E-state index in [1.165, 1.54) is 0 Å². The zero-order chi connectivity index (χ0) is 9.07. The summed E-state index contributed by atoms with van der Waals surface area (Å²) in [4.78, 5) is 14.5. The van der Waals surface area contributed by atoms with E-state index in [9.17, 15) is 10.1 Å². The van der Waals surface area contributed by atoms with Crippen LogP contribution in [0.2, 0.25) is 0 Å². The maximum absolute atomic E-state index is 9.98. The molecule has 4 nitrogen and oxygen atoms in total. The highest BCUT2D eigenvalue weighted by atomic mass is 17.0. The van der Waals surface area contributed by atoms with Crippen molar-refractivity contribution in [3.8, 4) is 0 Å². The molecule has 0 aliphatic carbocycles. The minimum atomic E-state index is -0.734. The molecule has 0 aromatic carbocycles. The molecule has 0 saturated carbocycles. The summed E-state index contributed by atoms with van der Waals surface area (Å²) >= 11 is 0. The molecule has 0 heterocycles. The molecule has 0 aromatic rings. The molecule has 0 fully saturated rings. The summed E-state index contributed by atoms with van der Waals surface area (Å²) in [5.41, 5.74) is -0.655. The lowest BCUT2D eigenvalue weighted by Gasteiger charge is -2.23. The Morgan fingerprint density at radius 3 is 2.27 bits per heavy atom. The van der Waals surface area contributed by atoms with Gasteiger partial charge in [-0.15, -0.1) is 10.1 Å². The molecule has 66 valence electrons. The van der Waals surface area contributed by atoms with Gasteiger partial charge in [-0.1, -0.05) is 13.8 Å². The zero-order valence-electron chi connectivity index (χ0n) is 7.46. The van der Waals surface area contributed by atoms with E-state index < -0.39 is 10.7 Å². The normalized spacial score (nSPS) is 11.7. The lowest BCUT2D eigenvalue weighted by Crippen LogP contribution is -2.29. The zero-order valence-corrected chi connectivity index (χ0v) is 7.46. The topological polar surface area (TPSA) is 52.4 Å². The molecule has 0 aromatic heterocycles. The third-order valence-electron chi connectivity index (χ3n) is 1.22. The molecule has 0 aliphatic heterocycles. The Balaban J connectivity index is 3.89. The Labute approximate surface area is 66.6 Å². The van der Waals surface area contributed by atoms with Gasteiger partial charge >= 0.3 is 0 Å². The molecule has 0 aliphatic rings. The highest BCUT2D eigenvalue weighted by molar-refractivity contribution is 4.67. The average molecular weight is 161 g/mol. The lowest BCUT2D eigenvalue weighted by molar-refractivity contribution is -0.779. The molecule has 0 unspecified atom stereocenters. The van der Waals surface area contributed by atoms with Crippen LogP contribution in [-0.4, -0.2) is 10.7 Å². The SMILES string of the molecule is CC(C)CC(C)(C)O[N+](=O)[O-]. The maximum atomic E-state index is 9.98. The quantitative estimate of drug-likeness (QED) is 0.468. The third-order valence-corrected chi connectivity index (χ3v) is 1.22. The summed E-state index contributed by atoms with van der Waals surface area (Å²) in [6, 6.07) is 0. The fourth-order valence-corrected chi connectivity index (χ4v) is 1.22. The first-order valence-electron chi connectivity index (χ1n) is 3.67. The molecule has 4 heteroatoms. The second kappa shape index (κ2) is 3.55. The standard InChI is InChI=1S/C7H15NO3/c1-6(2)5-7(3,4)11-8(9)10/h6H,5H2,1-4H3. The Bertz CT molecular complexity index is 143. The largest absolute Gasteiger partial charge is 0.308 e. The molecular weight excluding hydrogens is 146 g/mol. The predicted octanol–water partition coefficient (Wildman–Crippen LogP) is 2.02. The van der Waals surface area contributed by atoms with Crippen LogP contribution in [0.25, 0.3) is 0 Å². The van der Waals surface area contributed by atoms with Crippen molar-refractivity contribution in [2.24, 2.45) is 5.92 Å². The van der Waals surface area contributed by atoms with Crippen molar-refractivity contribution in [1.29, 1.82) is 0 Å². The van der Waals surface area contributed by atoms with E-state index in [1.807, 2.05) is 13.8 Å². The molecule has 0 amide bonds. The number of nitrogens with zero attached hydrogens (tertiary/aromatic N) is 1. The van der Waals surface area contributed by atoms with Gasteiger partial charge in [-0.25, -0.2) is 0 Å². The lowest BCUT2D eigenvalue weighted by atomic mass is 9.96. The van der Waals surface area contributed by atoms with Crippen molar-refractivity contribution in [3.63, 3.8) is 0 Å². The molecule has 11 heavy (non-hydrogen) atoms. The van der Waals surface area contributed by atoms with Gasteiger partial charge in [0.05, 0.1) is 0 Å². The van der Waals surface area contributed by atoms with Crippen LogP contribution in [0.4, 0.5) is 0 Å². The number of rotatable bonds is 4. The van der Waals surface area contributed by atoms with Gasteiger partial charge in [0.25, 0.3) is 5.09 Å². The van der Waals surface area contributed by atoms with Gasteiger partial charge in [0.2, 0.25) is 0 Å². The molecule has 0 rings (SSSR count).